The van der Waals surface area contributed by atoms with Crippen molar-refractivity contribution in [3.63, 3.8) is 0 Å². The standard InChI is InChI=1S/C39H64INO4SSe/c1-45-39(42)33(27-46(40,43)44)26-37-24-25-38(47-37)32-16-22-36(23-17-32)41(34-18-12-30(13-19-34)28-8-4-2-5-9-28)35-20-14-31(15-21-35)29-10-6-3-7-11-29/h26,28-32,34-38H,2-25,27H2,1H3/b33-26+. The Balaban J connectivity index is 1.06. The molecule has 6 aliphatic rings. The number of ether oxygens (including phenoxy) is 1. The van der Waals surface area contributed by atoms with Crippen LogP contribution in [0.1, 0.15) is 154 Å². The number of esters is 1. The second-order valence-electron chi connectivity index (χ2n) is 16.6. The molecule has 0 spiro atoms. The van der Waals surface area contributed by atoms with Gasteiger partial charge >= 0.3 is 269 Å². The van der Waals surface area contributed by atoms with Crippen molar-refractivity contribution in [3.8, 4) is 0 Å². The van der Waals surface area contributed by atoms with Gasteiger partial charge in [-0.15, -0.1) is 0 Å². The van der Waals surface area contributed by atoms with Gasteiger partial charge in [0, 0.05) is 0 Å². The molecule has 6 fully saturated rings. The number of nitrogens with zero attached hydrogens (tertiary/aromatic N) is 1. The molecule has 0 aromatic heterocycles. The molecular formula is C39H64INO4SSe. The molecule has 8 heteroatoms. The predicted octanol–water partition coefficient (Wildman–Crippen LogP) is 10.1. The summed E-state index contributed by atoms with van der Waals surface area (Å²) in [6.07, 6.45) is 36.5. The molecular weight excluding hydrogens is 784 g/mol. The first-order chi connectivity index (χ1) is 22.8. The van der Waals surface area contributed by atoms with Gasteiger partial charge in [0.25, 0.3) is 0 Å². The number of allylic oxidation sites excluding steroid dienone is 1. The van der Waals surface area contributed by atoms with Crippen LogP contribution >= 0.6 is 21.2 Å². The molecule has 2 atom stereocenters. The van der Waals surface area contributed by atoms with Crippen LogP contribution in [-0.2, 0) is 16.5 Å². The molecule has 0 aromatic rings. The van der Waals surface area contributed by atoms with Gasteiger partial charge in [-0.25, -0.2) is 0 Å². The van der Waals surface area contributed by atoms with Crippen LogP contribution in [0.15, 0.2) is 11.6 Å². The third kappa shape index (κ3) is 10.3. The maximum absolute atomic E-state index is 12.4. The zero-order valence-corrected chi connectivity index (χ0v) is 34.0. The Morgan fingerprint density at radius 1 is 0.638 bits per heavy atom. The number of carbonyl (C=O) groups excluding carboxylic acids is 1. The van der Waals surface area contributed by atoms with Gasteiger partial charge in [0.1, 0.15) is 0 Å². The van der Waals surface area contributed by atoms with Gasteiger partial charge < -0.3 is 0 Å². The molecule has 0 amide bonds. The number of methoxy groups -OCH3 is 1. The fraction of sp³-hybridized carbons (Fsp3) is 0.923. The Labute approximate surface area is 306 Å². The van der Waals surface area contributed by atoms with Crippen molar-refractivity contribution in [2.75, 3.05) is 12.9 Å². The first-order valence-corrected chi connectivity index (χ1v) is 26.1. The van der Waals surface area contributed by atoms with Crippen molar-refractivity contribution in [2.45, 2.75) is 182 Å². The molecule has 0 aromatic carbocycles. The van der Waals surface area contributed by atoms with Crippen molar-refractivity contribution >= 4 is 49.1 Å². The van der Waals surface area contributed by atoms with Crippen LogP contribution in [0.3, 0.4) is 0 Å². The Bertz CT molecular complexity index is 1090. The topological polar surface area (TPSA) is 63.7 Å². The van der Waals surface area contributed by atoms with Gasteiger partial charge in [-0.1, -0.05) is 38.5 Å². The average Bonchev–Trinajstić information content (AvgIpc) is 3.57. The Morgan fingerprint density at radius 3 is 1.49 bits per heavy atom. The monoisotopic (exact) mass is 849 g/mol. The summed E-state index contributed by atoms with van der Waals surface area (Å²) in [5, 5.41) is 0. The minimum absolute atomic E-state index is 0.219. The number of hydrogen-bond donors (Lipinski definition) is 0. The first kappa shape index (κ1) is 37.1. The quantitative estimate of drug-likeness (QED) is 0.0721. The fourth-order valence-electron chi connectivity index (χ4n) is 11.5. The van der Waals surface area contributed by atoms with E-state index in [4.69, 9.17) is 4.74 Å². The molecule has 2 unspecified atom stereocenters. The zero-order valence-electron chi connectivity index (χ0n) is 29.3. The molecule has 5 nitrogen and oxygen atoms in total. The van der Waals surface area contributed by atoms with E-state index >= 15 is 0 Å². The second-order valence-corrected chi connectivity index (χ2v) is 25.1. The first-order valence-electron chi connectivity index (χ1n) is 19.9. The van der Waals surface area contributed by atoms with Crippen LogP contribution in [-0.4, -0.2) is 65.2 Å². The molecule has 0 bridgehead atoms. The number of halogens is 1. The predicted molar refractivity (Wildman–Crippen MR) is 203 cm³/mol. The van der Waals surface area contributed by atoms with Crippen LogP contribution in [0, 0.1) is 29.6 Å². The number of rotatable bonds is 10. The van der Waals surface area contributed by atoms with E-state index in [-0.39, 0.29) is 5.75 Å². The summed E-state index contributed by atoms with van der Waals surface area (Å²) in [6.45, 7) is 0. The molecule has 1 aliphatic heterocycles. The van der Waals surface area contributed by atoms with E-state index in [9.17, 15) is 13.2 Å². The van der Waals surface area contributed by atoms with Crippen molar-refractivity contribution < 1.29 is 17.9 Å². The van der Waals surface area contributed by atoms with Crippen LogP contribution in [0.2, 0.25) is 9.63 Å². The summed E-state index contributed by atoms with van der Waals surface area (Å²) in [5.74, 6) is 4.19. The summed E-state index contributed by atoms with van der Waals surface area (Å²) < 4.78 is 28.9. The normalized spacial score (nSPS) is 37.2. The summed E-state index contributed by atoms with van der Waals surface area (Å²) in [4.78, 5) is 16.7. The van der Waals surface area contributed by atoms with E-state index in [1.807, 2.05) is 6.08 Å². The third-order valence-corrected chi connectivity index (χ3v) is 19.0. The van der Waals surface area contributed by atoms with Crippen LogP contribution in [0.4, 0.5) is 0 Å². The summed E-state index contributed by atoms with van der Waals surface area (Å²) in [5.41, 5.74) is 0.338. The van der Waals surface area contributed by atoms with Crippen molar-refractivity contribution in [1.82, 2.24) is 4.90 Å². The average molecular weight is 849 g/mol. The van der Waals surface area contributed by atoms with Gasteiger partial charge in [-0.05, 0) is 0 Å². The minimum atomic E-state index is -3.30. The van der Waals surface area contributed by atoms with Gasteiger partial charge in [-0.2, -0.15) is 0 Å². The maximum atomic E-state index is 12.4. The third-order valence-electron chi connectivity index (χ3n) is 13.9. The second kappa shape index (κ2) is 17.7. The molecule has 6 rings (SSSR count). The molecule has 0 N–H and O–H groups in total. The van der Waals surface area contributed by atoms with E-state index in [1.165, 1.54) is 176 Å². The van der Waals surface area contributed by atoms with E-state index < -0.39 is 13.0 Å². The molecule has 47 heavy (non-hydrogen) atoms. The van der Waals surface area contributed by atoms with Crippen LogP contribution < -0.4 is 0 Å². The molecule has 5 aliphatic carbocycles. The van der Waals surface area contributed by atoms with Crippen LogP contribution in [0.5, 0.6) is 0 Å². The van der Waals surface area contributed by atoms with Crippen LogP contribution in [0.25, 0.3) is 0 Å². The van der Waals surface area contributed by atoms with E-state index in [0.717, 1.165) is 59.0 Å². The number of carbonyl (C=O) groups is 1. The Kier molecular flexibility index (Phi) is 14.0. The van der Waals surface area contributed by atoms with Gasteiger partial charge in [0.15, 0.2) is 0 Å². The fourth-order valence-corrected chi connectivity index (χ4v) is 16.7. The van der Waals surface area contributed by atoms with E-state index in [2.05, 4.69) is 4.90 Å². The SMILES string of the molecule is COC(=O)/C(=C/C1CCC(C2CCC(N(C3CCC(C4CCCCC4)CC3)C3CCC(C4CCCCC4)CC3)CC2)[Se]1)CS(=O)(=O)I. The Hall–Kier alpha value is 0.369. The number of hydrogen-bond acceptors (Lipinski definition) is 5. The molecule has 5 saturated carbocycles. The summed E-state index contributed by atoms with van der Waals surface area (Å²) >= 11 is 1.87. The molecule has 268 valence electrons. The molecule has 0 radical (unpaired) electrons. The Morgan fingerprint density at radius 2 is 1.06 bits per heavy atom. The van der Waals surface area contributed by atoms with Gasteiger partial charge in [-0.3, -0.25) is 0 Å². The van der Waals surface area contributed by atoms with Crippen molar-refractivity contribution in [1.29, 1.82) is 0 Å². The van der Waals surface area contributed by atoms with Crippen molar-refractivity contribution in [3.05, 3.63) is 11.6 Å². The zero-order chi connectivity index (χ0) is 32.8. The molecule has 1 saturated heterocycles. The van der Waals surface area contributed by atoms with E-state index in [0.29, 0.717) is 25.3 Å². The van der Waals surface area contributed by atoms with Gasteiger partial charge in [0.05, 0.1) is 0 Å². The van der Waals surface area contributed by atoms with E-state index in [1.54, 1.807) is 0 Å². The van der Waals surface area contributed by atoms with Gasteiger partial charge in [0.2, 0.25) is 0 Å². The molecule has 1 heterocycles. The summed E-state index contributed by atoms with van der Waals surface area (Å²) in [6, 6.07) is 2.43. The summed E-state index contributed by atoms with van der Waals surface area (Å²) in [7, 11) is -1.95. The van der Waals surface area contributed by atoms with Crippen molar-refractivity contribution in [2.24, 2.45) is 29.6 Å².